The number of hydrogen-bond acceptors (Lipinski definition) is 16. The minimum absolute atomic E-state index is 0.0519. The first-order chi connectivity index (χ1) is 30.9. The predicted octanol–water partition coefficient (Wildman–Crippen LogP) is 5.75. The second-order valence-electron chi connectivity index (χ2n) is 16.7. The van der Waals surface area contributed by atoms with Crippen molar-refractivity contribution in [3.8, 4) is 11.8 Å². The smallest absolute Gasteiger partial charge is 0.328 e. The predicted molar refractivity (Wildman–Crippen MR) is 240 cm³/mol. The minimum atomic E-state index is -4.02. The molecule has 1 aromatic carbocycles. The molecule has 22 heteroatoms. The number of carbonyl (C=O) groups is 3. The molecule has 18 nitrogen and oxygen atoms in total. The van der Waals surface area contributed by atoms with Gasteiger partial charge in [-0.25, -0.2) is 25.9 Å². The molecule has 0 bridgehead atoms. The maximum Gasteiger partial charge on any atom is 0.328 e. The Kier molecular flexibility index (Phi) is 16.5. The summed E-state index contributed by atoms with van der Waals surface area (Å²) in [5.74, 6) is 4.55. The molecule has 65 heavy (non-hydrogen) atoms. The number of esters is 1. The van der Waals surface area contributed by atoms with Crippen molar-refractivity contribution in [1.29, 1.82) is 0 Å². The molecule has 346 valence electrons. The van der Waals surface area contributed by atoms with Crippen LogP contribution in [0.2, 0.25) is 18.1 Å². The van der Waals surface area contributed by atoms with Crippen LogP contribution in [-0.2, 0) is 53.6 Å². The number of aromatic nitrogens is 5. The second kappa shape index (κ2) is 21.6. The lowest BCUT2D eigenvalue weighted by Gasteiger charge is -2.40. The molecular formula is C43H51FN7O11PSSi. The number of Topliss-reactive ketones (excluding diaryl/α,β-unsaturated/α-hetero) is 1. The third kappa shape index (κ3) is 12.3. The third-order valence-corrected chi connectivity index (χ3v) is 17.8. The fraction of sp³-hybridized carbons (Fsp3) is 0.488. The van der Waals surface area contributed by atoms with Crippen LogP contribution < -0.4 is 5.32 Å². The molecule has 2 saturated heterocycles. The van der Waals surface area contributed by atoms with E-state index in [0.29, 0.717) is 11.1 Å². The van der Waals surface area contributed by atoms with E-state index in [0.717, 1.165) is 0 Å². The van der Waals surface area contributed by atoms with Gasteiger partial charge in [0, 0.05) is 29.9 Å². The molecule has 0 spiro atoms. The van der Waals surface area contributed by atoms with E-state index in [1.54, 1.807) is 54.9 Å². The Hall–Kier alpha value is -4.90. The van der Waals surface area contributed by atoms with E-state index in [1.165, 1.54) is 24.1 Å². The minimum Gasteiger partial charge on any atom is -0.456 e. The number of benzene rings is 1. The van der Waals surface area contributed by atoms with E-state index < -0.39 is 89.1 Å². The van der Waals surface area contributed by atoms with Crippen LogP contribution >= 0.6 is 6.72 Å². The van der Waals surface area contributed by atoms with Gasteiger partial charge in [0.25, 0.3) is 5.91 Å². The van der Waals surface area contributed by atoms with E-state index in [9.17, 15) is 19.5 Å². The van der Waals surface area contributed by atoms with Crippen LogP contribution in [0.15, 0.2) is 67.5 Å². The van der Waals surface area contributed by atoms with Crippen LogP contribution in [0.25, 0.3) is 16.0 Å². The molecule has 5 heterocycles. The number of nitrogens with one attached hydrogen (secondary N) is 1. The van der Waals surface area contributed by atoms with E-state index >= 15 is 4.39 Å². The first-order valence-corrected chi connectivity index (χ1v) is 26.2. The van der Waals surface area contributed by atoms with Crippen LogP contribution in [0.3, 0.4) is 0 Å². The van der Waals surface area contributed by atoms with Crippen LogP contribution in [0, 0.1) is 18.4 Å². The maximum absolute atomic E-state index is 16.9. The molecule has 1 amide bonds. The molecule has 2 fully saturated rings. The molecule has 2 aliphatic rings. The number of aliphatic hydroxyl groups is 1. The largest absolute Gasteiger partial charge is 0.456 e. The van der Waals surface area contributed by atoms with Gasteiger partial charge in [0.2, 0.25) is 6.54 Å². The Bertz CT molecular complexity index is 2470. The summed E-state index contributed by atoms with van der Waals surface area (Å²) in [6, 6.07) is 11.9. The molecule has 4 aromatic rings. The quantitative estimate of drug-likeness (QED) is 0.0304. The molecule has 3 aromatic heterocycles. The number of ketones is 1. The zero-order chi connectivity index (χ0) is 46.9. The third-order valence-electron chi connectivity index (χ3n) is 11.0. The monoisotopic (exact) mass is 951 g/mol. The molecule has 0 saturated carbocycles. The van der Waals surface area contributed by atoms with Crippen molar-refractivity contribution >= 4 is 61.5 Å². The highest BCUT2D eigenvalue weighted by atomic mass is 32.5. The molecular weight excluding hydrogens is 901 g/mol. The van der Waals surface area contributed by atoms with Crippen molar-refractivity contribution in [2.24, 2.45) is 0 Å². The van der Waals surface area contributed by atoms with Crippen LogP contribution in [0.5, 0.6) is 0 Å². The zero-order valence-corrected chi connectivity index (χ0v) is 39.4. The summed E-state index contributed by atoms with van der Waals surface area (Å²) in [5.41, 5.74) is 1.15. The van der Waals surface area contributed by atoms with Crippen molar-refractivity contribution in [3.05, 3.63) is 90.1 Å². The van der Waals surface area contributed by atoms with Gasteiger partial charge in [0.15, 0.2) is 43.8 Å². The Morgan fingerprint density at radius 2 is 1.82 bits per heavy atom. The number of nitrogens with zero attached hydrogens (tertiary/aromatic N) is 6. The van der Waals surface area contributed by atoms with Gasteiger partial charge in [-0.15, -0.1) is 0 Å². The topological polar surface area (TPSA) is 209 Å². The number of anilines is 1. The maximum atomic E-state index is 16.9. The standard InChI is InChI=1S/C43H51FN7O11PSSi/c1-27(53)15-18-33(54)60-36-32(59-42(34(36)44)51-26-49-35-39(47-25-48-40(35)51)50-41(55)29-13-9-8-10-14-29)24-57-63(64,56-21-20-45-5)61-37-30(17-16-28-12-11-19-46-22-28)58-31(23-52)38(37)62-65(6,7)43(2,3)4/h8-14,19,22,25-26,30-32,34,36-38,42,52H,15,18,20-21,23-24H2,1-4,6-7H3,(H,47,48,50,55)/t30-,31+,32+,34+,36+,37-,38+,42+,63?/m0/s1. The van der Waals surface area contributed by atoms with Gasteiger partial charge in [-0.2, -0.15) is 0 Å². The Morgan fingerprint density at radius 1 is 1.05 bits per heavy atom. The Balaban J connectivity index is 1.31. The van der Waals surface area contributed by atoms with Gasteiger partial charge in [-0.05, 0) is 61.1 Å². The fourth-order valence-corrected chi connectivity index (χ4v) is 9.93. The van der Waals surface area contributed by atoms with Crippen molar-refractivity contribution in [2.75, 3.05) is 31.7 Å². The summed E-state index contributed by atoms with van der Waals surface area (Å²) in [4.78, 5) is 58.2. The van der Waals surface area contributed by atoms with E-state index in [2.05, 4.69) is 62.7 Å². The average molecular weight is 952 g/mol. The first kappa shape index (κ1) is 49.5. The van der Waals surface area contributed by atoms with Gasteiger partial charge in [0.05, 0.1) is 26.0 Å². The number of fused-ring (bicyclic) bond motifs is 1. The van der Waals surface area contributed by atoms with E-state index in [4.69, 9.17) is 50.6 Å². The number of ether oxygens (including phenoxy) is 3. The first-order valence-electron chi connectivity index (χ1n) is 20.7. The van der Waals surface area contributed by atoms with Gasteiger partial charge < -0.3 is 47.7 Å². The van der Waals surface area contributed by atoms with Gasteiger partial charge >= 0.3 is 12.7 Å². The number of rotatable bonds is 18. The summed E-state index contributed by atoms with van der Waals surface area (Å²) >= 11 is 6.00. The number of amides is 1. The van der Waals surface area contributed by atoms with Crippen molar-refractivity contribution < 1.29 is 56.1 Å². The summed E-state index contributed by atoms with van der Waals surface area (Å²) in [6.07, 6.45) is -5.39. The number of pyridine rings is 1. The summed E-state index contributed by atoms with van der Waals surface area (Å²) in [6.45, 7) is 13.5. The number of carbonyl (C=O) groups excluding carboxylic acids is 3. The van der Waals surface area contributed by atoms with Crippen molar-refractivity contribution in [2.45, 2.75) is 108 Å². The molecule has 2 N–H and O–H groups in total. The lowest BCUT2D eigenvalue weighted by atomic mass is 10.1. The second-order valence-corrected chi connectivity index (χ2v) is 24.4. The SMILES string of the molecule is [C-]#[N+]CCOP(=S)(OC[C@H]1O[C@@H](n2cnc3c(NC(=O)c4ccccc4)ncnc32)[C@H](F)[C@@H]1OC(=O)CCC(C)=O)O[C@@H]1[C@H](O[Si](C)(C)C(C)(C)C)[C@@H](CO)O[C@H]1C#Cc1cccnc1. The van der Waals surface area contributed by atoms with Crippen molar-refractivity contribution in [1.82, 2.24) is 24.5 Å². The molecule has 1 unspecified atom stereocenters. The highest BCUT2D eigenvalue weighted by Crippen LogP contribution is 2.54. The summed E-state index contributed by atoms with van der Waals surface area (Å²) in [5, 5.41) is 13.0. The molecule has 6 rings (SSSR count). The number of imidazole rings is 1. The average Bonchev–Trinajstić information content (AvgIpc) is 3.94. The number of aliphatic hydroxyl groups excluding tert-OH is 1. The van der Waals surface area contributed by atoms with E-state index in [-0.39, 0.29) is 53.8 Å². The Labute approximate surface area is 382 Å². The highest BCUT2D eigenvalue weighted by Gasteiger charge is 2.54. The van der Waals surface area contributed by atoms with E-state index in [1.807, 2.05) is 13.1 Å². The fourth-order valence-electron chi connectivity index (χ4n) is 6.55. The zero-order valence-electron chi connectivity index (χ0n) is 36.7. The van der Waals surface area contributed by atoms with Crippen LogP contribution in [0.4, 0.5) is 10.2 Å². The van der Waals surface area contributed by atoms with Gasteiger partial charge in [-0.1, -0.05) is 50.8 Å². The van der Waals surface area contributed by atoms with Crippen LogP contribution in [-0.4, -0.2) is 125 Å². The number of alkyl halides is 1. The summed E-state index contributed by atoms with van der Waals surface area (Å²) in [7, 11) is -2.60. The molecule has 9 atom stereocenters. The summed E-state index contributed by atoms with van der Waals surface area (Å²) < 4.78 is 62.1. The number of halogens is 1. The number of hydrogen-bond donors (Lipinski definition) is 2. The molecule has 0 aliphatic carbocycles. The van der Waals surface area contributed by atoms with Gasteiger partial charge in [-0.3, -0.25) is 23.7 Å². The van der Waals surface area contributed by atoms with Gasteiger partial charge in [0.1, 0.15) is 49.2 Å². The molecule has 0 radical (unpaired) electrons. The lowest BCUT2D eigenvalue weighted by Crippen LogP contribution is -2.50. The van der Waals surface area contributed by atoms with Crippen molar-refractivity contribution in [3.63, 3.8) is 0 Å². The lowest BCUT2D eigenvalue weighted by molar-refractivity contribution is -0.155. The highest BCUT2D eigenvalue weighted by molar-refractivity contribution is 8.07. The normalized spacial score (nSPS) is 24.1. The van der Waals surface area contributed by atoms with Crippen LogP contribution in [0.1, 0.15) is 62.7 Å². The molecule has 2 aliphatic heterocycles. The Morgan fingerprint density at radius 3 is 2.49 bits per heavy atom.